The minimum atomic E-state index is 0.232. The van der Waals surface area contributed by atoms with Crippen LogP contribution < -0.4 is 0 Å². The van der Waals surface area contributed by atoms with E-state index in [0.29, 0.717) is 11.7 Å². The van der Waals surface area contributed by atoms with Gasteiger partial charge in [0.05, 0.1) is 5.75 Å². The second-order valence-electron chi connectivity index (χ2n) is 6.42. The van der Waals surface area contributed by atoms with Crippen molar-refractivity contribution in [2.75, 3.05) is 18.8 Å². The number of thiophene rings is 1. The number of likely N-dealkylation sites (tertiary alicyclic amines) is 1. The molecule has 1 atom stereocenters. The molecule has 2 aromatic heterocycles. The molecule has 6 heteroatoms. The molecule has 0 spiro atoms. The lowest BCUT2D eigenvalue weighted by Crippen LogP contribution is -2.40. The molecule has 0 aromatic carbocycles. The van der Waals surface area contributed by atoms with Crippen LogP contribution in [0.4, 0.5) is 0 Å². The average Bonchev–Trinajstić information content (AvgIpc) is 2.79. The first-order chi connectivity index (χ1) is 11.0. The molecular weight excluding hydrogens is 326 g/mol. The zero-order chi connectivity index (χ0) is 16.6. The smallest absolute Gasteiger partial charge is 0.232 e. The molecule has 0 bridgehead atoms. The average molecular weight is 350 g/mol. The van der Waals surface area contributed by atoms with Gasteiger partial charge in [-0.3, -0.25) is 4.79 Å². The molecule has 0 unspecified atom stereocenters. The van der Waals surface area contributed by atoms with Crippen LogP contribution >= 0.6 is 23.1 Å². The molecular formula is C17H23N3OS2. The number of amides is 1. The first-order valence-corrected chi connectivity index (χ1v) is 9.91. The molecule has 23 heavy (non-hydrogen) atoms. The van der Waals surface area contributed by atoms with E-state index in [-0.39, 0.29) is 5.91 Å². The van der Waals surface area contributed by atoms with Crippen LogP contribution in [0.1, 0.15) is 36.0 Å². The van der Waals surface area contributed by atoms with Crippen molar-refractivity contribution in [2.45, 2.75) is 45.6 Å². The maximum Gasteiger partial charge on any atom is 0.232 e. The standard InChI is InChI=1S/C17H23N3OS2/c1-10-6-5-7-20(8-10)14(21)9-22-16-15-11(2)12(3)23-17(15)19-13(4)18-16/h10H,5-9H2,1-4H3/t10-/m0/s1. The van der Waals surface area contributed by atoms with E-state index in [4.69, 9.17) is 0 Å². The molecule has 1 aliphatic rings. The number of rotatable bonds is 3. The number of fused-ring (bicyclic) bond motifs is 1. The molecule has 124 valence electrons. The molecule has 2 aromatic rings. The van der Waals surface area contributed by atoms with Gasteiger partial charge in [0.15, 0.2) is 0 Å². The van der Waals surface area contributed by atoms with Crippen molar-refractivity contribution in [1.82, 2.24) is 14.9 Å². The highest BCUT2D eigenvalue weighted by atomic mass is 32.2. The lowest BCUT2D eigenvalue weighted by molar-refractivity contribution is -0.130. The number of carbonyl (C=O) groups excluding carboxylic acids is 1. The van der Waals surface area contributed by atoms with Gasteiger partial charge in [0.25, 0.3) is 0 Å². The van der Waals surface area contributed by atoms with Crippen LogP contribution in [0.2, 0.25) is 0 Å². The molecule has 1 fully saturated rings. The van der Waals surface area contributed by atoms with Crippen molar-refractivity contribution in [2.24, 2.45) is 5.92 Å². The van der Waals surface area contributed by atoms with E-state index in [1.54, 1.807) is 23.1 Å². The lowest BCUT2D eigenvalue weighted by Gasteiger charge is -2.30. The van der Waals surface area contributed by atoms with Gasteiger partial charge in [-0.25, -0.2) is 9.97 Å². The fourth-order valence-corrected chi connectivity index (χ4v) is 5.23. The van der Waals surface area contributed by atoms with Crippen molar-refractivity contribution in [3.63, 3.8) is 0 Å². The highest BCUT2D eigenvalue weighted by molar-refractivity contribution is 8.00. The summed E-state index contributed by atoms with van der Waals surface area (Å²) in [5.41, 5.74) is 1.24. The van der Waals surface area contributed by atoms with Crippen LogP contribution in [0, 0.1) is 26.7 Å². The summed E-state index contributed by atoms with van der Waals surface area (Å²) >= 11 is 3.27. The van der Waals surface area contributed by atoms with E-state index in [1.807, 2.05) is 11.8 Å². The van der Waals surface area contributed by atoms with Gasteiger partial charge in [-0.2, -0.15) is 0 Å². The Hall–Kier alpha value is -1.14. The monoisotopic (exact) mass is 349 g/mol. The third-order valence-corrected chi connectivity index (χ3v) is 6.51. The summed E-state index contributed by atoms with van der Waals surface area (Å²) in [4.78, 5) is 26.0. The summed E-state index contributed by atoms with van der Waals surface area (Å²) in [6.45, 7) is 10.2. The van der Waals surface area contributed by atoms with Gasteiger partial charge in [0.1, 0.15) is 15.7 Å². The lowest BCUT2D eigenvalue weighted by atomic mass is 10.0. The molecule has 1 amide bonds. The molecule has 1 aliphatic heterocycles. The van der Waals surface area contributed by atoms with Crippen molar-refractivity contribution in [1.29, 1.82) is 0 Å². The van der Waals surface area contributed by atoms with Crippen molar-refractivity contribution in [3.05, 3.63) is 16.3 Å². The summed E-state index contributed by atoms with van der Waals surface area (Å²) < 4.78 is 0. The molecule has 3 heterocycles. The van der Waals surface area contributed by atoms with Gasteiger partial charge in [-0.05, 0) is 45.1 Å². The first-order valence-electron chi connectivity index (χ1n) is 8.10. The molecule has 0 N–H and O–H groups in total. The number of hydrogen-bond acceptors (Lipinski definition) is 5. The Kier molecular flexibility index (Phi) is 4.92. The summed E-state index contributed by atoms with van der Waals surface area (Å²) in [6.07, 6.45) is 2.35. The Bertz CT molecular complexity index is 741. The SMILES string of the molecule is Cc1nc(SCC(=O)N2CCC[C@H](C)C2)c2c(C)c(C)sc2n1. The predicted octanol–water partition coefficient (Wildman–Crippen LogP) is 3.97. The first kappa shape index (κ1) is 16.7. The van der Waals surface area contributed by atoms with Crippen molar-refractivity contribution < 1.29 is 4.79 Å². The van der Waals surface area contributed by atoms with E-state index < -0.39 is 0 Å². The number of piperidine rings is 1. The maximum absolute atomic E-state index is 12.5. The second-order valence-corrected chi connectivity index (χ2v) is 8.58. The van der Waals surface area contributed by atoms with Crippen LogP contribution in [-0.2, 0) is 4.79 Å². The van der Waals surface area contributed by atoms with Crippen LogP contribution in [0.25, 0.3) is 10.2 Å². The summed E-state index contributed by atoms with van der Waals surface area (Å²) in [5, 5.41) is 2.08. The van der Waals surface area contributed by atoms with E-state index in [2.05, 4.69) is 30.7 Å². The zero-order valence-electron chi connectivity index (χ0n) is 14.2. The molecule has 0 saturated carbocycles. The largest absolute Gasteiger partial charge is 0.342 e. The van der Waals surface area contributed by atoms with Gasteiger partial charge in [0.2, 0.25) is 5.91 Å². The van der Waals surface area contributed by atoms with Gasteiger partial charge < -0.3 is 4.90 Å². The third kappa shape index (κ3) is 3.53. The van der Waals surface area contributed by atoms with Crippen molar-refractivity contribution >= 4 is 39.2 Å². The Morgan fingerprint density at radius 3 is 2.87 bits per heavy atom. The Balaban J connectivity index is 1.77. The molecule has 1 saturated heterocycles. The van der Waals surface area contributed by atoms with Gasteiger partial charge in [0, 0.05) is 23.4 Å². The zero-order valence-corrected chi connectivity index (χ0v) is 15.8. The second kappa shape index (κ2) is 6.77. The Morgan fingerprint density at radius 1 is 1.35 bits per heavy atom. The number of hydrogen-bond donors (Lipinski definition) is 0. The number of carbonyl (C=O) groups is 1. The summed E-state index contributed by atoms with van der Waals surface area (Å²) in [7, 11) is 0. The molecule has 0 aliphatic carbocycles. The maximum atomic E-state index is 12.5. The minimum Gasteiger partial charge on any atom is -0.342 e. The molecule has 3 rings (SSSR count). The minimum absolute atomic E-state index is 0.232. The number of aromatic nitrogens is 2. The quantitative estimate of drug-likeness (QED) is 0.621. The Labute approximate surface area is 145 Å². The normalized spacial score (nSPS) is 18.6. The molecule has 0 radical (unpaired) electrons. The predicted molar refractivity (Wildman–Crippen MR) is 97.3 cm³/mol. The van der Waals surface area contributed by atoms with Crippen LogP contribution in [0.5, 0.6) is 0 Å². The van der Waals surface area contributed by atoms with E-state index in [9.17, 15) is 4.79 Å². The Morgan fingerprint density at radius 2 is 2.13 bits per heavy atom. The highest BCUT2D eigenvalue weighted by Crippen LogP contribution is 2.35. The number of thioether (sulfide) groups is 1. The van der Waals surface area contributed by atoms with Crippen LogP contribution in [0.3, 0.4) is 0 Å². The van der Waals surface area contributed by atoms with Crippen LogP contribution in [-0.4, -0.2) is 39.6 Å². The fraction of sp³-hybridized carbons (Fsp3) is 0.588. The number of aryl methyl sites for hydroxylation is 3. The summed E-state index contributed by atoms with van der Waals surface area (Å²) in [6, 6.07) is 0. The summed E-state index contributed by atoms with van der Waals surface area (Å²) in [5.74, 6) is 2.09. The van der Waals surface area contributed by atoms with E-state index in [0.717, 1.165) is 40.6 Å². The van der Waals surface area contributed by atoms with E-state index >= 15 is 0 Å². The third-order valence-electron chi connectivity index (χ3n) is 4.45. The van der Waals surface area contributed by atoms with Gasteiger partial charge >= 0.3 is 0 Å². The molecule has 4 nitrogen and oxygen atoms in total. The van der Waals surface area contributed by atoms with E-state index in [1.165, 1.54) is 16.9 Å². The van der Waals surface area contributed by atoms with Crippen molar-refractivity contribution in [3.8, 4) is 0 Å². The van der Waals surface area contributed by atoms with Crippen LogP contribution in [0.15, 0.2) is 5.03 Å². The van der Waals surface area contributed by atoms with Gasteiger partial charge in [-0.1, -0.05) is 18.7 Å². The van der Waals surface area contributed by atoms with Gasteiger partial charge in [-0.15, -0.1) is 11.3 Å². The fourth-order valence-electron chi connectivity index (χ4n) is 3.06. The number of nitrogens with zero attached hydrogens (tertiary/aromatic N) is 3. The highest BCUT2D eigenvalue weighted by Gasteiger charge is 2.22. The topological polar surface area (TPSA) is 46.1 Å².